The third kappa shape index (κ3) is 1.99. The van der Waals surface area contributed by atoms with E-state index in [9.17, 15) is 5.11 Å². The molecule has 1 N–H and O–H groups in total. The van der Waals surface area contributed by atoms with Gasteiger partial charge in [-0.1, -0.05) is 18.2 Å². The minimum atomic E-state index is -0.500. The van der Waals surface area contributed by atoms with Crippen LogP contribution in [-0.4, -0.2) is 30.5 Å². The van der Waals surface area contributed by atoms with E-state index < -0.39 is 6.10 Å². The average Bonchev–Trinajstić information content (AvgIpc) is 2.54. The topological polar surface area (TPSA) is 38.7 Å². The quantitative estimate of drug-likeness (QED) is 0.732. The Hall–Kier alpha value is -1.06. The molecule has 0 amide bonds. The highest BCUT2D eigenvalue weighted by Gasteiger charge is 2.27. The predicted molar refractivity (Wildman–Crippen MR) is 47.7 cm³/mol. The van der Waals surface area contributed by atoms with Crippen LogP contribution >= 0.6 is 0 Å². The summed E-state index contributed by atoms with van der Waals surface area (Å²) in [5, 5.41) is 9.40. The highest BCUT2D eigenvalue weighted by Crippen LogP contribution is 2.16. The lowest BCUT2D eigenvalue weighted by Crippen LogP contribution is -2.29. The maximum atomic E-state index is 9.40. The summed E-state index contributed by atoms with van der Waals surface area (Å²) < 4.78 is 10.6. The van der Waals surface area contributed by atoms with Crippen molar-refractivity contribution in [1.82, 2.24) is 0 Å². The molecule has 1 aromatic carbocycles. The van der Waals surface area contributed by atoms with Gasteiger partial charge in [-0.15, -0.1) is 0 Å². The molecule has 1 aromatic rings. The Kier molecular flexibility index (Phi) is 2.47. The summed E-state index contributed by atoms with van der Waals surface area (Å²) in [4.78, 5) is 0. The van der Waals surface area contributed by atoms with Crippen LogP contribution in [0, 0.1) is 0 Å². The Morgan fingerprint density at radius 2 is 2.00 bits per heavy atom. The summed E-state index contributed by atoms with van der Waals surface area (Å²) in [6, 6.07) is 9.46. The molecule has 2 rings (SSSR count). The zero-order chi connectivity index (χ0) is 9.10. The number of hydrogen-bond donors (Lipinski definition) is 1. The van der Waals surface area contributed by atoms with Gasteiger partial charge in [0.2, 0.25) is 0 Å². The fraction of sp³-hybridized carbons (Fsp3) is 0.400. The molecule has 0 spiro atoms. The molecule has 0 aromatic heterocycles. The van der Waals surface area contributed by atoms with Gasteiger partial charge in [0.05, 0.1) is 13.2 Å². The first kappa shape index (κ1) is 8.53. The second-order valence-corrected chi connectivity index (χ2v) is 3.07. The van der Waals surface area contributed by atoms with Crippen molar-refractivity contribution in [3.8, 4) is 5.75 Å². The van der Waals surface area contributed by atoms with Crippen LogP contribution in [0.15, 0.2) is 30.3 Å². The molecule has 70 valence electrons. The number of hydrogen-bond acceptors (Lipinski definition) is 3. The summed E-state index contributed by atoms with van der Waals surface area (Å²) in [6.07, 6.45) is -0.720. The first-order valence-electron chi connectivity index (χ1n) is 4.34. The van der Waals surface area contributed by atoms with Crippen LogP contribution < -0.4 is 4.74 Å². The van der Waals surface area contributed by atoms with Crippen molar-refractivity contribution in [2.45, 2.75) is 12.2 Å². The van der Waals surface area contributed by atoms with Crippen molar-refractivity contribution in [2.24, 2.45) is 0 Å². The third-order valence-electron chi connectivity index (χ3n) is 2.03. The van der Waals surface area contributed by atoms with E-state index in [1.807, 2.05) is 30.3 Å². The van der Waals surface area contributed by atoms with E-state index in [4.69, 9.17) is 9.47 Å². The molecule has 1 aliphatic heterocycles. The van der Waals surface area contributed by atoms with Gasteiger partial charge in [0.15, 0.2) is 0 Å². The molecule has 1 fully saturated rings. The third-order valence-corrected chi connectivity index (χ3v) is 2.03. The molecule has 1 aliphatic rings. The average molecular weight is 180 g/mol. The molecule has 0 aliphatic carbocycles. The molecule has 1 heterocycles. The minimum absolute atomic E-state index is 0.220. The fourth-order valence-electron chi connectivity index (χ4n) is 1.31. The van der Waals surface area contributed by atoms with Crippen LogP contribution in [0.3, 0.4) is 0 Å². The number of ether oxygens (including phenoxy) is 2. The molecule has 0 bridgehead atoms. The molecular weight excluding hydrogens is 168 g/mol. The number of rotatable bonds is 2. The fourth-order valence-corrected chi connectivity index (χ4v) is 1.31. The van der Waals surface area contributed by atoms with Gasteiger partial charge in [-0.2, -0.15) is 0 Å². The normalized spacial score (nSPS) is 27.5. The van der Waals surface area contributed by atoms with Crippen LogP contribution in [-0.2, 0) is 4.74 Å². The van der Waals surface area contributed by atoms with Gasteiger partial charge in [0.25, 0.3) is 0 Å². The molecule has 3 heteroatoms. The maximum absolute atomic E-state index is 9.40. The molecule has 0 radical (unpaired) electrons. The van der Waals surface area contributed by atoms with E-state index in [0.717, 1.165) is 5.75 Å². The van der Waals surface area contributed by atoms with E-state index in [0.29, 0.717) is 13.2 Å². The maximum Gasteiger partial charge on any atom is 0.150 e. The highest BCUT2D eigenvalue weighted by atomic mass is 16.6. The minimum Gasteiger partial charge on any atom is -0.485 e. The summed E-state index contributed by atoms with van der Waals surface area (Å²) in [5.41, 5.74) is 0. The highest BCUT2D eigenvalue weighted by molar-refractivity contribution is 5.21. The van der Waals surface area contributed by atoms with Gasteiger partial charge >= 0.3 is 0 Å². The van der Waals surface area contributed by atoms with Crippen LogP contribution in [0.25, 0.3) is 0 Å². The van der Waals surface area contributed by atoms with Crippen molar-refractivity contribution in [2.75, 3.05) is 13.2 Å². The van der Waals surface area contributed by atoms with Crippen LogP contribution in [0.1, 0.15) is 0 Å². The zero-order valence-corrected chi connectivity index (χ0v) is 7.22. The van der Waals surface area contributed by atoms with E-state index in [2.05, 4.69) is 0 Å². The number of para-hydroxylation sites is 1. The van der Waals surface area contributed by atoms with Crippen molar-refractivity contribution in [3.05, 3.63) is 30.3 Å². The second kappa shape index (κ2) is 3.77. The predicted octanol–water partition coefficient (Wildman–Crippen LogP) is 0.825. The molecule has 0 saturated carbocycles. The monoisotopic (exact) mass is 180 g/mol. The first-order chi connectivity index (χ1) is 6.36. The van der Waals surface area contributed by atoms with Crippen molar-refractivity contribution < 1.29 is 14.6 Å². The van der Waals surface area contributed by atoms with Gasteiger partial charge < -0.3 is 14.6 Å². The van der Waals surface area contributed by atoms with Crippen LogP contribution in [0.2, 0.25) is 0 Å². The number of benzene rings is 1. The van der Waals surface area contributed by atoms with Gasteiger partial charge in [-0.05, 0) is 12.1 Å². The van der Waals surface area contributed by atoms with E-state index in [1.165, 1.54) is 0 Å². The smallest absolute Gasteiger partial charge is 0.150 e. The van der Waals surface area contributed by atoms with Gasteiger partial charge in [-0.25, -0.2) is 0 Å². The molecule has 0 unspecified atom stereocenters. The summed E-state index contributed by atoms with van der Waals surface area (Å²) in [5.74, 6) is 0.775. The van der Waals surface area contributed by atoms with Gasteiger partial charge in [0, 0.05) is 0 Å². The van der Waals surface area contributed by atoms with E-state index >= 15 is 0 Å². The molecule has 3 nitrogen and oxygen atoms in total. The SMILES string of the molecule is O[C@@H]1COC[C@H]1Oc1ccccc1. The summed E-state index contributed by atoms with van der Waals surface area (Å²) >= 11 is 0. The van der Waals surface area contributed by atoms with Gasteiger partial charge in [0.1, 0.15) is 18.0 Å². The van der Waals surface area contributed by atoms with Crippen molar-refractivity contribution in [1.29, 1.82) is 0 Å². The van der Waals surface area contributed by atoms with Crippen molar-refractivity contribution in [3.63, 3.8) is 0 Å². The van der Waals surface area contributed by atoms with Gasteiger partial charge in [-0.3, -0.25) is 0 Å². The Morgan fingerprint density at radius 1 is 1.23 bits per heavy atom. The van der Waals surface area contributed by atoms with Crippen LogP contribution in [0.5, 0.6) is 5.75 Å². The molecule has 2 atom stereocenters. The van der Waals surface area contributed by atoms with E-state index in [-0.39, 0.29) is 6.10 Å². The molecule has 13 heavy (non-hydrogen) atoms. The summed E-state index contributed by atoms with van der Waals surface area (Å²) in [7, 11) is 0. The lowest BCUT2D eigenvalue weighted by molar-refractivity contribution is 0.0733. The summed E-state index contributed by atoms with van der Waals surface area (Å²) in [6.45, 7) is 0.841. The molecular formula is C10H12O3. The lowest BCUT2D eigenvalue weighted by atomic mass is 10.2. The Labute approximate surface area is 76.9 Å². The Balaban J connectivity index is 1.98. The lowest BCUT2D eigenvalue weighted by Gasteiger charge is -2.14. The van der Waals surface area contributed by atoms with Crippen LogP contribution in [0.4, 0.5) is 0 Å². The molecule has 1 saturated heterocycles. The van der Waals surface area contributed by atoms with Crippen molar-refractivity contribution >= 4 is 0 Å². The zero-order valence-electron chi connectivity index (χ0n) is 7.22. The first-order valence-corrected chi connectivity index (χ1v) is 4.34. The Morgan fingerprint density at radius 3 is 2.62 bits per heavy atom. The second-order valence-electron chi connectivity index (χ2n) is 3.07. The Bertz CT molecular complexity index is 260. The number of aliphatic hydroxyl groups is 1. The standard InChI is InChI=1S/C10H12O3/c11-9-6-12-7-10(9)13-8-4-2-1-3-5-8/h1-5,9-11H,6-7H2/t9-,10-/m1/s1. The number of aliphatic hydroxyl groups excluding tert-OH is 1. The van der Waals surface area contributed by atoms with E-state index in [1.54, 1.807) is 0 Å². The largest absolute Gasteiger partial charge is 0.485 e.